The van der Waals surface area contributed by atoms with E-state index >= 15 is 0 Å². The molecule has 0 atom stereocenters. The van der Waals surface area contributed by atoms with Gasteiger partial charge in [-0.05, 0) is 36.2 Å². The lowest BCUT2D eigenvalue weighted by Crippen LogP contribution is -2.24. The number of nitrogens with one attached hydrogen (secondary N) is 1. The van der Waals surface area contributed by atoms with Crippen molar-refractivity contribution in [1.29, 1.82) is 5.26 Å². The Morgan fingerprint density at radius 1 is 1.29 bits per heavy atom. The van der Waals surface area contributed by atoms with E-state index in [4.69, 9.17) is 10.00 Å². The molecule has 1 aliphatic heterocycles. The van der Waals surface area contributed by atoms with Crippen LogP contribution < -0.4 is 15.0 Å². The molecule has 2 aromatic rings. The maximum Gasteiger partial charge on any atom is 0.234 e. The number of anilines is 2. The molecule has 144 valence electrons. The summed E-state index contributed by atoms with van der Waals surface area (Å²) >= 11 is 1.50. The van der Waals surface area contributed by atoms with Crippen LogP contribution in [-0.4, -0.2) is 31.2 Å². The number of ether oxygens (including phenoxy) is 1. The highest BCUT2D eigenvalue weighted by molar-refractivity contribution is 7.99. The molecule has 0 radical (unpaired) electrons. The van der Waals surface area contributed by atoms with Gasteiger partial charge in [0.15, 0.2) is 0 Å². The van der Waals surface area contributed by atoms with E-state index in [-0.39, 0.29) is 11.8 Å². The van der Waals surface area contributed by atoms with Crippen molar-refractivity contribution in [1.82, 2.24) is 0 Å². The van der Waals surface area contributed by atoms with Gasteiger partial charge in [-0.3, -0.25) is 9.59 Å². The Morgan fingerprint density at radius 3 is 2.71 bits per heavy atom. The van der Waals surface area contributed by atoms with Crippen LogP contribution >= 0.6 is 11.8 Å². The standard InChI is InChI=1S/C21H21N3O3S/c1-27-19-11-17(8-9-18(19)24-10-2-3-21(24)26)23-20(25)14-28-13-16-6-4-15(12-22)5-7-16/h4-9,11H,2-3,10,13-14H2,1H3,(H,23,25). The molecule has 0 aromatic heterocycles. The predicted octanol–water partition coefficient (Wildman–Crippen LogP) is 3.57. The van der Waals surface area contributed by atoms with Crippen LogP contribution in [0.25, 0.3) is 0 Å². The van der Waals surface area contributed by atoms with E-state index in [2.05, 4.69) is 11.4 Å². The number of hydrogen-bond donors (Lipinski definition) is 1. The first-order chi connectivity index (χ1) is 13.6. The number of nitrogens with zero attached hydrogens (tertiary/aromatic N) is 2. The SMILES string of the molecule is COc1cc(NC(=O)CSCc2ccc(C#N)cc2)ccc1N1CCCC1=O. The topological polar surface area (TPSA) is 82.4 Å². The normalized spacial score (nSPS) is 13.3. The van der Waals surface area contributed by atoms with Crippen LogP contribution in [-0.2, 0) is 15.3 Å². The van der Waals surface area contributed by atoms with Gasteiger partial charge in [0.1, 0.15) is 5.75 Å². The minimum absolute atomic E-state index is 0.0919. The molecule has 0 bridgehead atoms. The fourth-order valence-corrected chi connectivity index (χ4v) is 3.80. The first-order valence-electron chi connectivity index (χ1n) is 8.96. The van der Waals surface area contributed by atoms with Crippen LogP contribution in [0, 0.1) is 11.3 Å². The lowest BCUT2D eigenvalue weighted by Gasteiger charge is -2.19. The Morgan fingerprint density at radius 2 is 2.07 bits per heavy atom. The second kappa shape index (κ2) is 9.29. The van der Waals surface area contributed by atoms with E-state index in [9.17, 15) is 9.59 Å². The largest absolute Gasteiger partial charge is 0.494 e. The summed E-state index contributed by atoms with van der Waals surface area (Å²) < 4.78 is 5.41. The smallest absolute Gasteiger partial charge is 0.234 e. The summed E-state index contributed by atoms with van der Waals surface area (Å²) in [4.78, 5) is 25.9. The molecule has 1 N–H and O–H groups in total. The molecule has 0 unspecified atom stereocenters. The zero-order valence-corrected chi connectivity index (χ0v) is 16.4. The molecule has 3 rings (SSSR count). The van der Waals surface area contributed by atoms with E-state index in [1.54, 1.807) is 36.3 Å². The van der Waals surface area contributed by atoms with Crippen molar-refractivity contribution in [3.63, 3.8) is 0 Å². The van der Waals surface area contributed by atoms with Crippen molar-refractivity contribution in [2.24, 2.45) is 0 Å². The molecule has 7 heteroatoms. The second-order valence-corrected chi connectivity index (χ2v) is 7.37. The van der Waals surface area contributed by atoms with E-state index in [1.165, 1.54) is 11.8 Å². The van der Waals surface area contributed by atoms with Crippen LogP contribution in [0.1, 0.15) is 24.0 Å². The lowest BCUT2D eigenvalue weighted by molar-refractivity contribution is -0.117. The summed E-state index contributed by atoms with van der Waals surface area (Å²) in [5.41, 5.74) is 3.06. The third kappa shape index (κ3) is 4.84. The Labute approximate surface area is 168 Å². The van der Waals surface area contributed by atoms with Gasteiger partial charge in [-0.2, -0.15) is 5.26 Å². The number of amides is 2. The average molecular weight is 395 g/mol. The zero-order valence-electron chi connectivity index (χ0n) is 15.6. The van der Waals surface area contributed by atoms with Gasteiger partial charge in [-0.15, -0.1) is 11.8 Å². The maximum atomic E-state index is 12.2. The number of nitriles is 1. The van der Waals surface area contributed by atoms with Crippen LogP contribution in [0.4, 0.5) is 11.4 Å². The minimum atomic E-state index is -0.106. The van der Waals surface area contributed by atoms with Crippen molar-refractivity contribution < 1.29 is 14.3 Å². The Bertz CT molecular complexity index is 906. The van der Waals surface area contributed by atoms with Gasteiger partial charge in [0.2, 0.25) is 11.8 Å². The molecule has 2 aromatic carbocycles. The van der Waals surface area contributed by atoms with Gasteiger partial charge in [0, 0.05) is 30.5 Å². The molecule has 1 aliphatic rings. The number of carbonyl (C=O) groups is 2. The Balaban J connectivity index is 1.54. The van der Waals surface area contributed by atoms with Gasteiger partial charge in [-0.25, -0.2) is 0 Å². The molecule has 0 aliphatic carbocycles. The average Bonchev–Trinajstić information content (AvgIpc) is 3.14. The van der Waals surface area contributed by atoms with Crippen LogP contribution in [0.15, 0.2) is 42.5 Å². The van der Waals surface area contributed by atoms with Gasteiger partial charge in [-0.1, -0.05) is 12.1 Å². The summed E-state index contributed by atoms with van der Waals surface area (Å²) in [7, 11) is 1.55. The van der Waals surface area contributed by atoms with Crippen molar-refractivity contribution in [2.75, 3.05) is 29.6 Å². The molecule has 2 amide bonds. The van der Waals surface area contributed by atoms with Crippen molar-refractivity contribution in [2.45, 2.75) is 18.6 Å². The number of carbonyl (C=O) groups excluding carboxylic acids is 2. The fraction of sp³-hybridized carbons (Fsp3) is 0.286. The molecule has 1 saturated heterocycles. The van der Waals surface area contributed by atoms with Crippen molar-refractivity contribution in [3.8, 4) is 11.8 Å². The number of hydrogen-bond acceptors (Lipinski definition) is 5. The molecule has 0 saturated carbocycles. The Kier molecular flexibility index (Phi) is 6.56. The summed E-state index contributed by atoms with van der Waals surface area (Å²) in [5.74, 6) is 1.56. The van der Waals surface area contributed by atoms with Crippen LogP contribution in [0.5, 0.6) is 5.75 Å². The lowest BCUT2D eigenvalue weighted by atomic mass is 10.2. The summed E-state index contributed by atoms with van der Waals surface area (Å²) in [5, 5.41) is 11.7. The molecule has 28 heavy (non-hydrogen) atoms. The molecule has 6 nitrogen and oxygen atoms in total. The highest BCUT2D eigenvalue weighted by Gasteiger charge is 2.24. The van der Waals surface area contributed by atoms with E-state index < -0.39 is 0 Å². The van der Waals surface area contributed by atoms with Crippen LogP contribution in [0.2, 0.25) is 0 Å². The second-order valence-electron chi connectivity index (χ2n) is 6.39. The van der Waals surface area contributed by atoms with Gasteiger partial charge in [0.05, 0.1) is 30.2 Å². The number of thioether (sulfide) groups is 1. The third-order valence-electron chi connectivity index (χ3n) is 4.41. The third-order valence-corrected chi connectivity index (χ3v) is 5.42. The summed E-state index contributed by atoms with van der Waals surface area (Å²) in [6, 6.07) is 14.8. The van der Waals surface area contributed by atoms with Crippen molar-refractivity contribution in [3.05, 3.63) is 53.6 Å². The maximum absolute atomic E-state index is 12.2. The summed E-state index contributed by atoms with van der Waals surface area (Å²) in [6.45, 7) is 0.687. The Hall–Kier alpha value is -2.98. The predicted molar refractivity (Wildman–Crippen MR) is 111 cm³/mol. The van der Waals surface area contributed by atoms with E-state index in [0.29, 0.717) is 41.5 Å². The molecule has 1 heterocycles. The zero-order chi connectivity index (χ0) is 19.9. The highest BCUT2D eigenvalue weighted by atomic mass is 32.2. The van der Waals surface area contributed by atoms with E-state index in [0.717, 1.165) is 17.7 Å². The number of methoxy groups -OCH3 is 1. The van der Waals surface area contributed by atoms with Gasteiger partial charge >= 0.3 is 0 Å². The summed E-state index contributed by atoms with van der Waals surface area (Å²) in [6.07, 6.45) is 1.40. The molecule has 0 spiro atoms. The first kappa shape index (κ1) is 19.8. The monoisotopic (exact) mass is 395 g/mol. The number of benzene rings is 2. The van der Waals surface area contributed by atoms with Crippen molar-refractivity contribution >= 4 is 35.0 Å². The van der Waals surface area contributed by atoms with Gasteiger partial charge < -0.3 is 15.0 Å². The molecular formula is C21H21N3O3S. The van der Waals surface area contributed by atoms with Gasteiger partial charge in [0.25, 0.3) is 0 Å². The quantitative estimate of drug-likeness (QED) is 0.775. The van der Waals surface area contributed by atoms with E-state index in [1.807, 2.05) is 18.2 Å². The highest BCUT2D eigenvalue weighted by Crippen LogP contribution is 2.33. The van der Waals surface area contributed by atoms with Crippen LogP contribution in [0.3, 0.4) is 0 Å². The molecular weight excluding hydrogens is 374 g/mol. The molecule has 1 fully saturated rings. The fourth-order valence-electron chi connectivity index (χ4n) is 3.02. The minimum Gasteiger partial charge on any atom is -0.494 e. The first-order valence-corrected chi connectivity index (χ1v) is 10.1. The number of rotatable bonds is 7.